The summed E-state index contributed by atoms with van der Waals surface area (Å²) in [5, 5.41) is 29.9. The molecule has 5 aromatic carbocycles. The number of nitrogens with two attached hydrogens (primary N) is 3. The summed E-state index contributed by atoms with van der Waals surface area (Å²) in [5.41, 5.74) is 24.7. The molecule has 2 amide bonds. The lowest BCUT2D eigenvalue weighted by Crippen LogP contribution is -2.49. The molecule has 3 atom stereocenters. The molecule has 11 N–H and O–H groups in total. The maximum absolute atomic E-state index is 15.4. The number of anilines is 2. The number of amidine groups is 2. The molecule has 2 saturated carbocycles. The second-order valence-electron chi connectivity index (χ2n) is 22.8. The molecule has 0 saturated heterocycles. The lowest BCUT2D eigenvalue weighted by atomic mass is 9.79. The Kier molecular flexibility index (Phi) is 17.5. The molecule has 2 aliphatic rings. The Morgan fingerprint density at radius 1 is 0.627 bits per heavy atom. The van der Waals surface area contributed by atoms with Crippen LogP contribution in [0.1, 0.15) is 143 Å². The Morgan fingerprint density at radius 3 is 1.58 bits per heavy atom. The molecule has 83 heavy (non-hydrogen) atoms. The van der Waals surface area contributed by atoms with E-state index in [4.69, 9.17) is 28.0 Å². The largest absolute Gasteiger partial charge is 0.384 e. The molecule has 3 unspecified atom stereocenters. The van der Waals surface area contributed by atoms with Gasteiger partial charge in [-0.3, -0.25) is 25.4 Å². The van der Waals surface area contributed by atoms with Crippen LogP contribution < -0.4 is 32.6 Å². The zero-order chi connectivity index (χ0) is 59.4. The van der Waals surface area contributed by atoms with E-state index in [-0.39, 0.29) is 34.4 Å². The number of amides is 2. The van der Waals surface area contributed by atoms with Crippen LogP contribution in [0.25, 0.3) is 11.4 Å². The summed E-state index contributed by atoms with van der Waals surface area (Å²) in [6.07, 6.45) is 11.4. The summed E-state index contributed by atoms with van der Waals surface area (Å²) in [7, 11) is -1.48. The van der Waals surface area contributed by atoms with Gasteiger partial charge < -0.3 is 27.8 Å². The van der Waals surface area contributed by atoms with Crippen LogP contribution in [0.4, 0.5) is 20.2 Å². The summed E-state index contributed by atoms with van der Waals surface area (Å²) >= 11 is 0. The molecule has 430 valence electrons. The van der Waals surface area contributed by atoms with Gasteiger partial charge in [0.15, 0.2) is 0 Å². The van der Waals surface area contributed by atoms with Gasteiger partial charge in [0.05, 0.1) is 60.9 Å². The smallest absolute Gasteiger partial charge is 0.274 e. The lowest BCUT2D eigenvalue weighted by molar-refractivity contribution is 0.101. The average Bonchev–Trinajstić information content (AvgIpc) is 4.45. The first-order valence-corrected chi connectivity index (χ1v) is 28.9. The number of nitrogens with zero attached hydrogens (tertiary/aromatic N) is 5. The average molecular weight is 1140 g/mol. The molecule has 2 aliphatic carbocycles. The predicted octanol–water partition coefficient (Wildman–Crippen LogP) is 11.3. The quantitative estimate of drug-likeness (QED) is 0.0266. The van der Waals surface area contributed by atoms with Crippen molar-refractivity contribution >= 4 is 45.8 Å². The number of hydrogen-bond donors (Lipinski definition) is 8. The standard InChI is InChI=1S/C33H38FN7O2S.C31H33FN6O/c1-21-17-29(41(39-21)26-9-5-7-23(18-26)30(35)36)31(42)38-28-19-24(12-13-27(28)34)33(15-14-22-10-11-22,25-8-6-16-37-20-25)40-44(43)32(2,3)4;1-19-6-10-23(11-7-19)31(35,15-14-21-8-9-21)24-12-13-26(32)27(18-24)36-30(39)28-16-20(2)37-38(28)25-5-3-4-22(17-25)29(33)34/h5-9,12-13,16-20,22,40H,10-11,14-15H2,1-4H3,(H3,35,36)(H,38,42);3-7,10-13,16-18,21H,8-9,14-15,35H2,1-2H3,(H3,33,34)(H,36,39). The van der Waals surface area contributed by atoms with Crippen molar-refractivity contribution in [3.05, 3.63) is 219 Å². The Morgan fingerprint density at radius 2 is 1.11 bits per heavy atom. The first kappa shape index (κ1) is 59.1. The van der Waals surface area contributed by atoms with E-state index >= 15 is 8.78 Å². The number of carbonyl (C=O) groups excluding carboxylic acids is 2. The minimum Gasteiger partial charge on any atom is -0.384 e. The second-order valence-corrected chi connectivity index (χ2v) is 24.8. The van der Waals surface area contributed by atoms with Crippen molar-refractivity contribution in [2.45, 2.75) is 109 Å². The van der Waals surface area contributed by atoms with Gasteiger partial charge in [-0.1, -0.05) is 98.0 Å². The van der Waals surface area contributed by atoms with Crippen molar-refractivity contribution in [2.24, 2.45) is 29.0 Å². The van der Waals surface area contributed by atoms with Gasteiger partial charge in [-0.15, -0.1) is 0 Å². The topological polar surface area (TPSA) is 262 Å². The molecule has 0 radical (unpaired) electrons. The highest BCUT2D eigenvalue weighted by Gasteiger charge is 2.41. The third-order valence-corrected chi connectivity index (χ3v) is 16.8. The molecule has 10 rings (SSSR count). The van der Waals surface area contributed by atoms with E-state index in [1.165, 1.54) is 34.3 Å². The van der Waals surface area contributed by atoms with Crippen molar-refractivity contribution in [1.29, 1.82) is 10.8 Å². The van der Waals surface area contributed by atoms with E-state index in [9.17, 15) is 13.8 Å². The van der Waals surface area contributed by atoms with Gasteiger partial charge in [0.2, 0.25) is 0 Å². The first-order chi connectivity index (χ1) is 39.5. The van der Waals surface area contributed by atoms with Crippen LogP contribution in [0.2, 0.25) is 0 Å². The molecule has 0 spiro atoms. The first-order valence-electron chi connectivity index (χ1n) is 27.7. The fourth-order valence-electron chi connectivity index (χ4n) is 10.0. The van der Waals surface area contributed by atoms with Crippen molar-refractivity contribution in [3.63, 3.8) is 0 Å². The third kappa shape index (κ3) is 13.9. The van der Waals surface area contributed by atoms with Crippen LogP contribution in [0, 0.1) is 55.1 Å². The highest BCUT2D eigenvalue weighted by Crippen LogP contribution is 2.44. The van der Waals surface area contributed by atoms with Crippen LogP contribution in [0.3, 0.4) is 0 Å². The minimum atomic E-state index is -1.48. The van der Waals surface area contributed by atoms with E-state index in [1.54, 1.807) is 111 Å². The number of halogens is 2. The Balaban J connectivity index is 0.000000201. The van der Waals surface area contributed by atoms with Crippen LogP contribution in [0.5, 0.6) is 0 Å². The summed E-state index contributed by atoms with van der Waals surface area (Å²) in [5.74, 6) is -1.18. The van der Waals surface area contributed by atoms with Gasteiger partial charge in [-0.2, -0.15) is 10.2 Å². The number of rotatable bonds is 20. The zero-order valence-electron chi connectivity index (χ0n) is 47.5. The summed E-state index contributed by atoms with van der Waals surface area (Å²) in [4.78, 5) is 31.5. The second kappa shape index (κ2) is 24.5. The number of aromatic nitrogens is 5. The van der Waals surface area contributed by atoms with Crippen molar-refractivity contribution in [1.82, 2.24) is 29.3 Å². The fourth-order valence-corrected chi connectivity index (χ4v) is 11.0. The molecule has 8 aromatic rings. The third-order valence-electron chi connectivity index (χ3n) is 15.2. The molecule has 3 aromatic heterocycles. The van der Waals surface area contributed by atoms with E-state index in [2.05, 4.69) is 30.5 Å². The maximum atomic E-state index is 15.4. The van der Waals surface area contributed by atoms with E-state index in [1.807, 2.05) is 64.1 Å². The maximum Gasteiger partial charge on any atom is 0.274 e. The van der Waals surface area contributed by atoms with E-state index in [0.29, 0.717) is 57.7 Å². The van der Waals surface area contributed by atoms with Crippen molar-refractivity contribution < 1.29 is 22.6 Å². The minimum absolute atomic E-state index is 0.0154. The molecule has 2 fully saturated rings. The Bertz CT molecular complexity index is 3740. The van der Waals surface area contributed by atoms with Crippen LogP contribution in [-0.4, -0.2) is 57.0 Å². The van der Waals surface area contributed by atoms with Crippen LogP contribution in [-0.2, 0) is 22.1 Å². The van der Waals surface area contributed by atoms with E-state index < -0.39 is 50.3 Å². The summed E-state index contributed by atoms with van der Waals surface area (Å²) < 4.78 is 49.9. The fraction of sp³-hybridized carbons (Fsp3) is 0.297. The zero-order valence-corrected chi connectivity index (χ0v) is 48.3. The monoisotopic (exact) mass is 1140 g/mol. The number of benzene rings is 5. The molecule has 19 heteroatoms. The SMILES string of the molecule is Cc1cc(C(=O)Nc2cc(C(CCC3CC3)(NS(=O)C(C)(C)C)c3cccnc3)ccc2F)n(-c2cccc(C(=N)N)c2)n1.Cc1ccc(C(N)(CCC2CC2)c2ccc(F)c(NC(=O)c3cc(C)nn3-c3cccc(C(=N)N)c3)c2)cc1. The molecule has 0 bridgehead atoms. The Hall–Kier alpha value is -8.52. The highest BCUT2D eigenvalue weighted by molar-refractivity contribution is 7.84. The molecule has 3 heterocycles. The number of hydrogen-bond acceptors (Lipinski definition) is 9. The molecular formula is C64H71F2N13O3S. The number of carbonyl (C=O) groups is 2. The lowest BCUT2D eigenvalue weighted by Gasteiger charge is -2.38. The predicted molar refractivity (Wildman–Crippen MR) is 323 cm³/mol. The van der Waals surface area contributed by atoms with Gasteiger partial charge in [-0.25, -0.2) is 27.1 Å². The summed E-state index contributed by atoms with van der Waals surface area (Å²) in [6.45, 7) is 11.3. The normalized spacial score (nSPS) is 15.0. The molecular weight excluding hydrogens is 1070 g/mol. The van der Waals surface area contributed by atoms with Crippen molar-refractivity contribution in [3.8, 4) is 11.4 Å². The number of aryl methyl sites for hydroxylation is 3. The van der Waals surface area contributed by atoms with Gasteiger partial charge in [0.1, 0.15) is 34.7 Å². The van der Waals surface area contributed by atoms with Gasteiger partial charge >= 0.3 is 0 Å². The molecule has 0 aliphatic heterocycles. The summed E-state index contributed by atoms with van der Waals surface area (Å²) in [6, 6.07) is 38.2. The number of pyridine rings is 1. The number of nitrogens with one attached hydrogen (secondary N) is 5. The highest BCUT2D eigenvalue weighted by atomic mass is 32.2. The van der Waals surface area contributed by atoms with Crippen molar-refractivity contribution in [2.75, 3.05) is 10.6 Å². The van der Waals surface area contributed by atoms with Crippen LogP contribution in [0.15, 0.2) is 146 Å². The van der Waals surface area contributed by atoms with E-state index in [0.717, 1.165) is 54.4 Å². The van der Waals surface area contributed by atoms with Gasteiger partial charge in [0, 0.05) is 23.5 Å². The van der Waals surface area contributed by atoms with Gasteiger partial charge in [0.25, 0.3) is 11.8 Å². The van der Waals surface area contributed by atoms with Crippen LogP contribution >= 0.6 is 0 Å². The number of nitrogen functional groups attached to an aromatic ring is 2. The van der Waals surface area contributed by atoms with Gasteiger partial charge in [-0.05, 0) is 168 Å². The Labute approximate surface area is 485 Å². The molecule has 16 nitrogen and oxygen atoms in total.